The number of hydrogen-bond donors (Lipinski definition) is 1. The summed E-state index contributed by atoms with van der Waals surface area (Å²) in [6.07, 6.45) is 7.60. The topological polar surface area (TPSA) is 21.3 Å². The molecule has 2 nitrogen and oxygen atoms in total. The normalized spacial score (nSPS) is 10.1. The molecule has 0 spiro atoms. The summed E-state index contributed by atoms with van der Waals surface area (Å²) in [7, 11) is 0. The summed E-state index contributed by atoms with van der Waals surface area (Å²) in [6.45, 7) is 4.17. The molecule has 1 rings (SSSR count). The number of nitrogens with one attached hydrogen (secondary N) is 1. The van der Waals surface area contributed by atoms with E-state index in [1.807, 2.05) is 6.07 Å². The molecular weight excluding hydrogens is 229 g/mol. The Morgan fingerprint density at radius 3 is 2.94 bits per heavy atom. The molecule has 1 N–H and O–H groups in total. The molecule has 0 aromatic heterocycles. The van der Waals surface area contributed by atoms with Gasteiger partial charge >= 0.3 is 0 Å². The second-order valence-corrected chi connectivity index (χ2v) is 4.10. The van der Waals surface area contributed by atoms with Gasteiger partial charge in [0.1, 0.15) is 0 Å². The van der Waals surface area contributed by atoms with Gasteiger partial charge in [-0.15, -0.1) is 12.3 Å². The minimum Gasteiger partial charge on any atom is -0.490 e. The van der Waals surface area contributed by atoms with Crippen LogP contribution in [0.25, 0.3) is 0 Å². The maximum absolute atomic E-state index is 13.7. The molecule has 3 heteroatoms. The predicted molar refractivity (Wildman–Crippen MR) is 72.0 cm³/mol. The Morgan fingerprint density at radius 2 is 2.28 bits per heavy atom. The highest BCUT2D eigenvalue weighted by Crippen LogP contribution is 2.18. The van der Waals surface area contributed by atoms with Crippen LogP contribution in [0, 0.1) is 18.2 Å². The second kappa shape index (κ2) is 8.54. The Hall–Kier alpha value is -1.53. The molecule has 0 aliphatic rings. The van der Waals surface area contributed by atoms with Crippen molar-refractivity contribution in [2.45, 2.75) is 32.7 Å². The van der Waals surface area contributed by atoms with Gasteiger partial charge in [0.15, 0.2) is 11.6 Å². The first-order valence-electron chi connectivity index (χ1n) is 6.33. The number of terminal acetylenes is 1. The number of unbranched alkanes of at least 4 members (excludes halogenated alkanes) is 1. The zero-order valence-electron chi connectivity index (χ0n) is 10.8. The molecule has 0 saturated carbocycles. The number of rotatable bonds is 8. The van der Waals surface area contributed by atoms with Crippen LogP contribution in [0.3, 0.4) is 0 Å². The molecule has 1 aromatic rings. The van der Waals surface area contributed by atoms with Gasteiger partial charge in [0.05, 0.1) is 6.61 Å². The molecule has 0 radical (unpaired) electrons. The molecule has 1 aromatic carbocycles. The lowest BCUT2D eigenvalue weighted by molar-refractivity contribution is 0.297. The third-order valence-corrected chi connectivity index (χ3v) is 2.48. The SMILES string of the molecule is C#CCCCOc1ccc(CNCCC)cc1F. The van der Waals surface area contributed by atoms with Gasteiger partial charge in [-0.2, -0.15) is 0 Å². The van der Waals surface area contributed by atoms with Crippen molar-refractivity contribution in [3.8, 4) is 18.1 Å². The smallest absolute Gasteiger partial charge is 0.165 e. The summed E-state index contributed by atoms with van der Waals surface area (Å²) in [5.41, 5.74) is 0.928. The monoisotopic (exact) mass is 249 g/mol. The van der Waals surface area contributed by atoms with Crippen molar-refractivity contribution in [3.63, 3.8) is 0 Å². The van der Waals surface area contributed by atoms with Crippen LogP contribution < -0.4 is 10.1 Å². The van der Waals surface area contributed by atoms with Crippen molar-refractivity contribution in [1.82, 2.24) is 5.32 Å². The Kier molecular flexibility index (Phi) is 6.90. The van der Waals surface area contributed by atoms with Crippen LogP contribution in [-0.2, 0) is 6.54 Å². The molecule has 0 unspecified atom stereocenters. The molecule has 0 aliphatic heterocycles. The highest BCUT2D eigenvalue weighted by molar-refractivity contribution is 5.29. The van der Waals surface area contributed by atoms with Gasteiger partial charge < -0.3 is 10.1 Å². The maximum Gasteiger partial charge on any atom is 0.165 e. The number of ether oxygens (including phenoxy) is 1. The standard InChI is InChI=1S/C15H20FNO/c1-3-5-6-10-18-15-8-7-13(11-14(15)16)12-17-9-4-2/h1,7-8,11,17H,4-6,9-10,12H2,2H3. The number of halogens is 1. The van der Waals surface area contributed by atoms with Crippen LogP contribution in [-0.4, -0.2) is 13.2 Å². The van der Waals surface area contributed by atoms with Gasteiger partial charge in [-0.25, -0.2) is 4.39 Å². The minimum absolute atomic E-state index is 0.297. The van der Waals surface area contributed by atoms with Gasteiger partial charge in [-0.1, -0.05) is 13.0 Å². The molecule has 18 heavy (non-hydrogen) atoms. The Bertz CT molecular complexity index is 398. The van der Waals surface area contributed by atoms with Crippen LogP contribution in [0.4, 0.5) is 4.39 Å². The fourth-order valence-electron chi connectivity index (χ4n) is 1.54. The Balaban J connectivity index is 2.44. The van der Waals surface area contributed by atoms with E-state index in [1.165, 1.54) is 6.07 Å². The Morgan fingerprint density at radius 1 is 1.44 bits per heavy atom. The van der Waals surface area contributed by atoms with Crippen molar-refractivity contribution < 1.29 is 9.13 Å². The molecule has 0 aliphatic carbocycles. The van der Waals surface area contributed by atoms with Crippen molar-refractivity contribution in [2.24, 2.45) is 0 Å². The summed E-state index contributed by atoms with van der Waals surface area (Å²) in [5.74, 6) is 2.51. The first kappa shape index (κ1) is 14.5. The maximum atomic E-state index is 13.7. The molecule has 0 saturated heterocycles. The zero-order valence-corrected chi connectivity index (χ0v) is 10.8. The molecule has 0 bridgehead atoms. The van der Waals surface area contributed by atoms with E-state index in [1.54, 1.807) is 6.07 Å². The van der Waals surface area contributed by atoms with Crippen molar-refractivity contribution in [1.29, 1.82) is 0 Å². The summed E-state index contributed by atoms with van der Waals surface area (Å²) in [4.78, 5) is 0. The lowest BCUT2D eigenvalue weighted by Crippen LogP contribution is -2.13. The molecule has 0 fully saturated rings. The zero-order chi connectivity index (χ0) is 13.2. The fourth-order valence-corrected chi connectivity index (χ4v) is 1.54. The average molecular weight is 249 g/mol. The molecule has 0 heterocycles. The summed E-state index contributed by atoms with van der Waals surface area (Å²) < 4.78 is 19.0. The van der Waals surface area contributed by atoms with E-state index in [0.29, 0.717) is 25.3 Å². The lowest BCUT2D eigenvalue weighted by Gasteiger charge is -2.08. The third kappa shape index (κ3) is 5.20. The summed E-state index contributed by atoms with van der Waals surface area (Å²) in [6, 6.07) is 5.07. The van der Waals surface area contributed by atoms with Gasteiger partial charge in [0.2, 0.25) is 0 Å². The van der Waals surface area contributed by atoms with Gasteiger partial charge in [0, 0.05) is 13.0 Å². The van der Waals surface area contributed by atoms with Crippen LogP contribution in [0.2, 0.25) is 0 Å². The van der Waals surface area contributed by atoms with E-state index in [0.717, 1.165) is 24.9 Å². The molecule has 0 amide bonds. The quantitative estimate of drug-likeness (QED) is 0.564. The Labute approximate surface area is 109 Å². The minimum atomic E-state index is -0.313. The van der Waals surface area contributed by atoms with E-state index in [2.05, 4.69) is 18.2 Å². The van der Waals surface area contributed by atoms with E-state index in [-0.39, 0.29) is 5.82 Å². The number of benzene rings is 1. The third-order valence-electron chi connectivity index (χ3n) is 2.48. The lowest BCUT2D eigenvalue weighted by atomic mass is 10.2. The fraction of sp³-hybridized carbons (Fsp3) is 0.467. The second-order valence-electron chi connectivity index (χ2n) is 4.10. The van der Waals surface area contributed by atoms with Crippen LogP contribution in [0.5, 0.6) is 5.75 Å². The highest BCUT2D eigenvalue weighted by Gasteiger charge is 2.04. The highest BCUT2D eigenvalue weighted by atomic mass is 19.1. The van der Waals surface area contributed by atoms with E-state index in [4.69, 9.17) is 11.2 Å². The van der Waals surface area contributed by atoms with E-state index < -0.39 is 0 Å². The summed E-state index contributed by atoms with van der Waals surface area (Å²) >= 11 is 0. The molecule has 98 valence electrons. The van der Waals surface area contributed by atoms with E-state index in [9.17, 15) is 4.39 Å². The van der Waals surface area contributed by atoms with Crippen LogP contribution in [0.1, 0.15) is 31.7 Å². The van der Waals surface area contributed by atoms with Crippen molar-refractivity contribution in [3.05, 3.63) is 29.6 Å². The van der Waals surface area contributed by atoms with Gasteiger partial charge in [-0.3, -0.25) is 0 Å². The molecule has 0 atom stereocenters. The average Bonchev–Trinajstić information content (AvgIpc) is 2.37. The predicted octanol–water partition coefficient (Wildman–Crippen LogP) is 3.12. The van der Waals surface area contributed by atoms with Crippen LogP contribution in [0.15, 0.2) is 18.2 Å². The van der Waals surface area contributed by atoms with Crippen molar-refractivity contribution in [2.75, 3.05) is 13.2 Å². The van der Waals surface area contributed by atoms with Crippen LogP contribution >= 0.6 is 0 Å². The van der Waals surface area contributed by atoms with Crippen molar-refractivity contribution >= 4 is 0 Å². The van der Waals surface area contributed by atoms with E-state index >= 15 is 0 Å². The number of hydrogen-bond acceptors (Lipinski definition) is 2. The first-order valence-corrected chi connectivity index (χ1v) is 6.33. The first-order chi connectivity index (χ1) is 8.77. The molecular formula is C15H20FNO. The largest absolute Gasteiger partial charge is 0.490 e. The van der Waals surface area contributed by atoms with Gasteiger partial charge in [0.25, 0.3) is 0 Å². The summed E-state index contributed by atoms with van der Waals surface area (Å²) in [5, 5.41) is 3.23. The van der Waals surface area contributed by atoms with Gasteiger partial charge in [-0.05, 0) is 37.1 Å².